The lowest BCUT2D eigenvalue weighted by Gasteiger charge is -2.06. The lowest BCUT2D eigenvalue weighted by molar-refractivity contribution is 0.257. The van der Waals surface area contributed by atoms with Crippen LogP contribution in [0.3, 0.4) is 0 Å². The van der Waals surface area contributed by atoms with Crippen molar-refractivity contribution in [3.63, 3.8) is 0 Å². The summed E-state index contributed by atoms with van der Waals surface area (Å²) in [6, 6.07) is 0. The Balaban J connectivity index is 3.17. The average Bonchev–Trinajstić information content (AvgIpc) is 1.94. The highest BCUT2D eigenvalue weighted by molar-refractivity contribution is 7.80. The van der Waals surface area contributed by atoms with Gasteiger partial charge in [0.25, 0.3) is 0 Å². The van der Waals surface area contributed by atoms with Crippen LogP contribution in [0.5, 0.6) is 0 Å². The molecule has 0 aromatic carbocycles. The van der Waals surface area contributed by atoms with Crippen molar-refractivity contribution in [1.29, 1.82) is 0 Å². The van der Waals surface area contributed by atoms with Crippen LogP contribution in [0.1, 0.15) is 6.42 Å². The quantitative estimate of drug-likeness (QED) is 0.259. The molecule has 0 heterocycles. The zero-order chi connectivity index (χ0) is 9.45. The maximum absolute atomic E-state index is 9.91. The van der Waals surface area contributed by atoms with E-state index in [-0.39, 0.29) is 6.61 Å². The van der Waals surface area contributed by atoms with Crippen molar-refractivity contribution >= 4 is 10.4 Å². The summed E-state index contributed by atoms with van der Waals surface area (Å²) in [5, 5.41) is 2.93. The summed E-state index contributed by atoms with van der Waals surface area (Å²) < 4.78 is 33.7. The third-order valence-corrected chi connectivity index (χ3v) is 1.47. The predicted octanol–water partition coefficient (Wildman–Crippen LogP) is -0.371. The van der Waals surface area contributed by atoms with Gasteiger partial charge in [0.2, 0.25) is 10.4 Å². The Morgan fingerprint density at radius 2 is 2.25 bits per heavy atom. The van der Waals surface area contributed by atoms with Crippen LogP contribution in [-0.4, -0.2) is 32.7 Å². The molecule has 6 heteroatoms. The normalized spacial score (nSPS) is 11.4. The van der Waals surface area contributed by atoms with Crippen LogP contribution in [-0.2, 0) is 14.6 Å². The number of nitrogens with one attached hydrogen (secondary N) is 1. The van der Waals surface area contributed by atoms with Gasteiger partial charge in [-0.25, -0.2) is 8.42 Å². The minimum absolute atomic E-state index is 0.0734. The molecule has 0 amide bonds. The third-order valence-electron chi connectivity index (χ3n) is 1.01. The fourth-order valence-corrected chi connectivity index (χ4v) is 0.884. The van der Waals surface area contributed by atoms with Crippen molar-refractivity contribution < 1.29 is 17.2 Å². The van der Waals surface area contributed by atoms with Gasteiger partial charge in [-0.1, -0.05) is 6.08 Å². The van der Waals surface area contributed by atoms with Gasteiger partial charge in [0, 0.05) is 6.54 Å². The second kappa shape index (κ2) is 6.13. The predicted molar refractivity (Wildman–Crippen MR) is 43.3 cm³/mol. The molecule has 1 N–H and O–H groups in total. The summed E-state index contributed by atoms with van der Waals surface area (Å²) in [6.45, 7) is 4.66. The molecule has 0 saturated heterocycles. The summed E-state index contributed by atoms with van der Waals surface area (Å²) in [4.78, 5) is 0. The maximum atomic E-state index is 9.91. The van der Waals surface area contributed by atoms with Gasteiger partial charge in [0.1, 0.15) is 0 Å². The van der Waals surface area contributed by atoms with Crippen molar-refractivity contribution in [3.05, 3.63) is 12.7 Å². The van der Waals surface area contributed by atoms with Gasteiger partial charge < -0.3 is 9.87 Å². The fraction of sp³-hybridized carbons (Fsp3) is 0.667. The monoisotopic (exact) mass is 194 g/mol. The van der Waals surface area contributed by atoms with E-state index in [1.165, 1.54) is 0 Å². The Morgan fingerprint density at radius 3 is 2.75 bits per heavy atom. The van der Waals surface area contributed by atoms with E-state index in [9.17, 15) is 13.0 Å². The minimum Gasteiger partial charge on any atom is -0.726 e. The summed E-state index contributed by atoms with van der Waals surface area (Å²) in [7, 11) is -4.51. The van der Waals surface area contributed by atoms with Crippen molar-refractivity contribution in [2.75, 3.05) is 19.7 Å². The van der Waals surface area contributed by atoms with E-state index in [1.807, 2.05) is 0 Å². The molecular weight excluding hydrogens is 182 g/mol. The summed E-state index contributed by atoms with van der Waals surface area (Å²) in [6.07, 6.45) is 2.17. The molecular formula is C6H12NO4S-. The highest BCUT2D eigenvalue weighted by Crippen LogP contribution is 1.87. The molecule has 0 spiro atoms. The summed E-state index contributed by atoms with van der Waals surface area (Å²) in [5.41, 5.74) is 0. The second-order valence-corrected chi connectivity index (χ2v) is 3.13. The van der Waals surface area contributed by atoms with E-state index in [1.54, 1.807) is 6.08 Å². The molecule has 72 valence electrons. The van der Waals surface area contributed by atoms with Gasteiger partial charge in [0.05, 0.1) is 6.61 Å². The van der Waals surface area contributed by atoms with Crippen LogP contribution in [0.2, 0.25) is 0 Å². The Kier molecular flexibility index (Phi) is 5.91. The average molecular weight is 194 g/mol. The molecule has 0 fully saturated rings. The number of hydrogen-bond acceptors (Lipinski definition) is 5. The Morgan fingerprint density at radius 1 is 1.58 bits per heavy atom. The molecule has 0 aliphatic carbocycles. The zero-order valence-corrected chi connectivity index (χ0v) is 7.47. The van der Waals surface area contributed by atoms with E-state index in [0.29, 0.717) is 19.5 Å². The second-order valence-electron chi connectivity index (χ2n) is 2.08. The standard InChI is InChI=1S/C6H13NO4S/c1-2-4-7-5-3-6-11-12(8,9)10/h2,7H,1,3-6H2,(H,8,9,10)/p-1. The molecule has 0 aliphatic heterocycles. The van der Waals surface area contributed by atoms with Gasteiger partial charge in [0.15, 0.2) is 0 Å². The van der Waals surface area contributed by atoms with Crippen LogP contribution in [0, 0.1) is 0 Å². The SMILES string of the molecule is C=CCNCCCOS(=O)(=O)[O-]. The van der Waals surface area contributed by atoms with Crippen LogP contribution >= 0.6 is 0 Å². The zero-order valence-electron chi connectivity index (χ0n) is 6.65. The molecule has 0 rings (SSSR count). The topological polar surface area (TPSA) is 78.5 Å². The fourth-order valence-electron chi connectivity index (χ4n) is 0.562. The van der Waals surface area contributed by atoms with E-state index < -0.39 is 10.4 Å². The van der Waals surface area contributed by atoms with Crippen molar-refractivity contribution in [2.45, 2.75) is 6.42 Å². The molecule has 5 nitrogen and oxygen atoms in total. The first-order valence-electron chi connectivity index (χ1n) is 3.48. The third kappa shape index (κ3) is 9.57. The maximum Gasteiger partial charge on any atom is 0.217 e. The highest BCUT2D eigenvalue weighted by atomic mass is 32.3. The molecule has 0 atom stereocenters. The number of rotatable bonds is 7. The van der Waals surface area contributed by atoms with Gasteiger partial charge in [-0.2, -0.15) is 0 Å². The molecule has 0 aromatic heterocycles. The van der Waals surface area contributed by atoms with Gasteiger partial charge in [-0.15, -0.1) is 6.58 Å². The van der Waals surface area contributed by atoms with Crippen LogP contribution in [0.15, 0.2) is 12.7 Å². The van der Waals surface area contributed by atoms with E-state index >= 15 is 0 Å². The lowest BCUT2D eigenvalue weighted by Crippen LogP contribution is -2.17. The minimum atomic E-state index is -4.51. The smallest absolute Gasteiger partial charge is 0.217 e. The first kappa shape index (κ1) is 11.6. The van der Waals surface area contributed by atoms with Crippen molar-refractivity contribution in [1.82, 2.24) is 5.32 Å². The highest BCUT2D eigenvalue weighted by Gasteiger charge is 1.93. The van der Waals surface area contributed by atoms with Gasteiger partial charge >= 0.3 is 0 Å². The largest absolute Gasteiger partial charge is 0.726 e. The molecule has 0 aliphatic rings. The van der Waals surface area contributed by atoms with Crippen LogP contribution in [0.25, 0.3) is 0 Å². The molecule has 0 radical (unpaired) electrons. The van der Waals surface area contributed by atoms with E-state index in [4.69, 9.17) is 0 Å². The molecule has 12 heavy (non-hydrogen) atoms. The first-order chi connectivity index (χ1) is 5.56. The first-order valence-corrected chi connectivity index (χ1v) is 4.81. The molecule has 0 aromatic rings. The van der Waals surface area contributed by atoms with Crippen molar-refractivity contribution in [2.24, 2.45) is 0 Å². The lowest BCUT2D eigenvalue weighted by atomic mass is 10.4. The number of hydrogen-bond donors (Lipinski definition) is 1. The molecule has 0 saturated carbocycles. The van der Waals surface area contributed by atoms with Crippen molar-refractivity contribution in [3.8, 4) is 0 Å². The molecule has 0 unspecified atom stereocenters. The van der Waals surface area contributed by atoms with Gasteiger partial charge in [-0.3, -0.25) is 4.18 Å². The summed E-state index contributed by atoms with van der Waals surface area (Å²) >= 11 is 0. The Hall–Kier alpha value is -0.430. The van der Waals surface area contributed by atoms with Crippen LogP contribution < -0.4 is 5.32 Å². The summed E-state index contributed by atoms with van der Waals surface area (Å²) in [5.74, 6) is 0. The Bertz CT molecular complexity index is 212. The molecule has 0 bridgehead atoms. The van der Waals surface area contributed by atoms with Gasteiger partial charge in [-0.05, 0) is 13.0 Å². The van der Waals surface area contributed by atoms with E-state index in [2.05, 4.69) is 16.1 Å². The van der Waals surface area contributed by atoms with Crippen LogP contribution in [0.4, 0.5) is 0 Å². The Labute approximate surface area is 72.4 Å². The van der Waals surface area contributed by atoms with E-state index in [0.717, 1.165) is 0 Å².